The van der Waals surface area contributed by atoms with E-state index in [1.54, 1.807) is 0 Å². The van der Waals surface area contributed by atoms with Crippen LogP contribution in [0.25, 0.3) is 0 Å². The van der Waals surface area contributed by atoms with Crippen molar-refractivity contribution < 1.29 is 10.2 Å². The first-order valence-electron chi connectivity index (χ1n) is 5.06. The highest BCUT2D eigenvalue weighted by atomic mass is 16.3. The summed E-state index contributed by atoms with van der Waals surface area (Å²) in [5.74, 6) is 0. The van der Waals surface area contributed by atoms with Crippen molar-refractivity contribution >= 4 is 0 Å². The number of rotatable bonds is 7. The molecule has 0 aliphatic rings. The summed E-state index contributed by atoms with van der Waals surface area (Å²) in [6.45, 7) is 4.15. The molecule has 0 amide bonds. The Balaban J connectivity index is 3.33. The van der Waals surface area contributed by atoms with Gasteiger partial charge in [0.1, 0.15) is 0 Å². The van der Waals surface area contributed by atoms with Gasteiger partial charge in [-0.05, 0) is 19.3 Å². The largest absolute Gasteiger partial charge is 0.393 e. The van der Waals surface area contributed by atoms with Crippen molar-refractivity contribution in [1.29, 1.82) is 0 Å². The molecule has 2 N–H and O–H groups in total. The fraction of sp³-hybridized carbons (Fsp3) is 1.00. The van der Waals surface area contributed by atoms with E-state index in [-0.39, 0.29) is 12.2 Å². The molecule has 0 aromatic carbocycles. The summed E-state index contributed by atoms with van der Waals surface area (Å²) in [6, 6.07) is 0. The molecule has 0 aliphatic heterocycles. The lowest BCUT2D eigenvalue weighted by Crippen LogP contribution is -2.17. The van der Waals surface area contributed by atoms with Gasteiger partial charge in [-0.2, -0.15) is 0 Å². The number of unbranched alkanes of at least 4 members (excludes halogenated alkanes) is 1. The van der Waals surface area contributed by atoms with Gasteiger partial charge in [-0.1, -0.05) is 33.1 Å². The lowest BCUT2D eigenvalue weighted by molar-refractivity contribution is 0.0695. The van der Waals surface area contributed by atoms with E-state index in [9.17, 15) is 10.2 Å². The standard InChI is InChI=1S/C10H22O2/c1-3-5-7-10(12)8-9(11)6-4-2/h9-12H,3-8H2,1-2H3/t9?,10-/m0/s1. The minimum absolute atomic E-state index is 0.300. The molecular weight excluding hydrogens is 152 g/mol. The Morgan fingerprint density at radius 2 is 1.50 bits per heavy atom. The Labute approximate surface area is 75.6 Å². The fourth-order valence-corrected chi connectivity index (χ4v) is 1.32. The van der Waals surface area contributed by atoms with Crippen LogP contribution in [0.3, 0.4) is 0 Å². The predicted octanol–water partition coefficient (Wildman–Crippen LogP) is 2.09. The van der Waals surface area contributed by atoms with Crippen molar-refractivity contribution in [3.8, 4) is 0 Å². The molecule has 0 saturated heterocycles. The average Bonchev–Trinajstić information content (AvgIpc) is 2.01. The van der Waals surface area contributed by atoms with E-state index >= 15 is 0 Å². The highest BCUT2D eigenvalue weighted by molar-refractivity contribution is 4.62. The summed E-state index contributed by atoms with van der Waals surface area (Å²) in [6.07, 6.45) is 4.74. The monoisotopic (exact) mass is 174 g/mol. The van der Waals surface area contributed by atoms with E-state index in [2.05, 4.69) is 6.92 Å². The summed E-state index contributed by atoms with van der Waals surface area (Å²) < 4.78 is 0. The van der Waals surface area contributed by atoms with Gasteiger partial charge in [0.2, 0.25) is 0 Å². The third-order valence-electron chi connectivity index (χ3n) is 2.06. The highest BCUT2D eigenvalue weighted by Gasteiger charge is 2.09. The second kappa shape index (κ2) is 7.56. The topological polar surface area (TPSA) is 40.5 Å². The van der Waals surface area contributed by atoms with Crippen LogP contribution in [0.4, 0.5) is 0 Å². The van der Waals surface area contributed by atoms with E-state index in [1.807, 2.05) is 6.92 Å². The molecule has 74 valence electrons. The number of hydrogen-bond donors (Lipinski definition) is 2. The molecule has 2 heteroatoms. The van der Waals surface area contributed by atoms with E-state index in [0.29, 0.717) is 6.42 Å². The van der Waals surface area contributed by atoms with Crippen molar-refractivity contribution in [3.05, 3.63) is 0 Å². The van der Waals surface area contributed by atoms with Crippen LogP contribution < -0.4 is 0 Å². The smallest absolute Gasteiger partial charge is 0.0564 e. The summed E-state index contributed by atoms with van der Waals surface area (Å²) >= 11 is 0. The summed E-state index contributed by atoms with van der Waals surface area (Å²) in [5, 5.41) is 18.8. The Hall–Kier alpha value is -0.0800. The minimum Gasteiger partial charge on any atom is -0.393 e. The summed E-state index contributed by atoms with van der Waals surface area (Å²) in [7, 11) is 0. The fourth-order valence-electron chi connectivity index (χ4n) is 1.32. The quantitative estimate of drug-likeness (QED) is 0.620. The first-order chi connectivity index (χ1) is 5.70. The first-order valence-corrected chi connectivity index (χ1v) is 5.06. The van der Waals surface area contributed by atoms with E-state index in [1.165, 1.54) is 0 Å². The van der Waals surface area contributed by atoms with Crippen LogP contribution >= 0.6 is 0 Å². The van der Waals surface area contributed by atoms with Gasteiger partial charge >= 0.3 is 0 Å². The molecule has 0 fully saturated rings. The van der Waals surface area contributed by atoms with Crippen molar-refractivity contribution in [2.45, 2.75) is 64.6 Å². The van der Waals surface area contributed by atoms with Gasteiger partial charge in [-0.25, -0.2) is 0 Å². The van der Waals surface area contributed by atoms with Crippen LogP contribution in [0.2, 0.25) is 0 Å². The third-order valence-corrected chi connectivity index (χ3v) is 2.06. The minimum atomic E-state index is -0.304. The molecular formula is C10H22O2. The van der Waals surface area contributed by atoms with Crippen LogP contribution in [0.15, 0.2) is 0 Å². The van der Waals surface area contributed by atoms with Gasteiger partial charge in [0.25, 0.3) is 0 Å². The molecule has 0 saturated carbocycles. The molecule has 0 bridgehead atoms. The molecule has 0 aliphatic carbocycles. The van der Waals surface area contributed by atoms with Gasteiger partial charge in [-0.3, -0.25) is 0 Å². The van der Waals surface area contributed by atoms with Gasteiger partial charge in [-0.15, -0.1) is 0 Å². The molecule has 0 spiro atoms. The van der Waals surface area contributed by atoms with Gasteiger partial charge < -0.3 is 10.2 Å². The summed E-state index contributed by atoms with van der Waals surface area (Å²) in [5.41, 5.74) is 0. The molecule has 0 aromatic heterocycles. The maximum atomic E-state index is 9.42. The molecule has 0 rings (SSSR count). The highest BCUT2D eigenvalue weighted by Crippen LogP contribution is 2.09. The Morgan fingerprint density at radius 1 is 0.917 bits per heavy atom. The van der Waals surface area contributed by atoms with E-state index in [0.717, 1.165) is 32.1 Å². The van der Waals surface area contributed by atoms with E-state index < -0.39 is 0 Å². The van der Waals surface area contributed by atoms with Crippen LogP contribution in [-0.4, -0.2) is 22.4 Å². The van der Waals surface area contributed by atoms with Crippen molar-refractivity contribution in [2.75, 3.05) is 0 Å². The Kier molecular flexibility index (Phi) is 7.51. The van der Waals surface area contributed by atoms with Gasteiger partial charge in [0, 0.05) is 0 Å². The van der Waals surface area contributed by atoms with Gasteiger partial charge in [0.15, 0.2) is 0 Å². The lowest BCUT2D eigenvalue weighted by Gasteiger charge is -2.14. The first kappa shape index (κ1) is 11.9. The van der Waals surface area contributed by atoms with Crippen LogP contribution in [-0.2, 0) is 0 Å². The zero-order valence-corrected chi connectivity index (χ0v) is 8.29. The third kappa shape index (κ3) is 6.62. The molecule has 0 heterocycles. The molecule has 0 radical (unpaired) electrons. The van der Waals surface area contributed by atoms with E-state index in [4.69, 9.17) is 0 Å². The lowest BCUT2D eigenvalue weighted by atomic mass is 10.0. The maximum Gasteiger partial charge on any atom is 0.0564 e. The molecule has 1 unspecified atom stereocenters. The SMILES string of the molecule is CCCC[C@H](O)CC(O)CCC. The molecule has 12 heavy (non-hydrogen) atoms. The predicted molar refractivity (Wildman–Crippen MR) is 51.1 cm³/mol. The number of aliphatic hydroxyl groups excluding tert-OH is 2. The number of hydrogen-bond acceptors (Lipinski definition) is 2. The van der Waals surface area contributed by atoms with Crippen molar-refractivity contribution in [3.63, 3.8) is 0 Å². The Bertz CT molecular complexity index is 93.8. The van der Waals surface area contributed by atoms with Crippen molar-refractivity contribution in [2.24, 2.45) is 0 Å². The van der Waals surface area contributed by atoms with Crippen LogP contribution in [0.5, 0.6) is 0 Å². The Morgan fingerprint density at radius 3 is 2.00 bits per heavy atom. The van der Waals surface area contributed by atoms with Gasteiger partial charge in [0.05, 0.1) is 12.2 Å². The zero-order valence-electron chi connectivity index (χ0n) is 8.29. The van der Waals surface area contributed by atoms with Crippen LogP contribution in [0, 0.1) is 0 Å². The molecule has 2 atom stereocenters. The number of aliphatic hydroxyl groups is 2. The molecule has 2 nitrogen and oxygen atoms in total. The second-order valence-electron chi connectivity index (χ2n) is 3.47. The normalized spacial score (nSPS) is 16.0. The zero-order chi connectivity index (χ0) is 9.40. The maximum absolute atomic E-state index is 9.42. The summed E-state index contributed by atoms with van der Waals surface area (Å²) in [4.78, 5) is 0. The second-order valence-corrected chi connectivity index (χ2v) is 3.47. The van der Waals surface area contributed by atoms with Crippen molar-refractivity contribution in [1.82, 2.24) is 0 Å². The average molecular weight is 174 g/mol. The molecule has 0 aromatic rings. The van der Waals surface area contributed by atoms with Crippen LogP contribution in [0.1, 0.15) is 52.4 Å².